The molecule has 0 heterocycles. The first-order valence-corrected chi connectivity index (χ1v) is 12.5. The third-order valence-electron chi connectivity index (χ3n) is 5.41. The fourth-order valence-electron chi connectivity index (χ4n) is 3.54. The van der Waals surface area contributed by atoms with E-state index in [9.17, 15) is 14.4 Å². The molecule has 0 unspecified atom stereocenters. The number of esters is 1. The average Bonchev–Trinajstić information content (AvgIpc) is 2.83. The molecule has 0 saturated carbocycles. The zero-order valence-electron chi connectivity index (χ0n) is 19.9. The van der Waals surface area contributed by atoms with Gasteiger partial charge in [0.15, 0.2) is 6.61 Å². The predicted molar refractivity (Wildman–Crippen MR) is 137 cm³/mol. The number of anilines is 2. The molecule has 2 N–H and O–H groups in total. The van der Waals surface area contributed by atoms with E-state index in [-0.39, 0.29) is 11.5 Å². The van der Waals surface area contributed by atoms with Crippen LogP contribution < -0.4 is 10.6 Å². The average molecular weight is 487 g/mol. The lowest BCUT2D eigenvalue weighted by molar-refractivity contribution is -0.119. The molecule has 0 radical (unpaired) electrons. The molecule has 2 aromatic rings. The molecule has 0 aliphatic carbocycles. The molecular weight excluding hydrogens is 452 g/mol. The van der Waals surface area contributed by atoms with Crippen molar-refractivity contribution < 1.29 is 19.1 Å². The highest BCUT2D eigenvalue weighted by Gasteiger charge is 2.16. The molecule has 7 heteroatoms. The number of carbonyl (C=O) groups is 3. The first-order chi connectivity index (χ1) is 16.5. The van der Waals surface area contributed by atoms with Gasteiger partial charge in [0.05, 0.1) is 22.0 Å². The molecule has 0 aliphatic heterocycles. The van der Waals surface area contributed by atoms with Crippen molar-refractivity contribution in [1.82, 2.24) is 0 Å². The minimum absolute atomic E-state index is 0.139. The molecule has 0 spiro atoms. The van der Waals surface area contributed by atoms with Crippen molar-refractivity contribution in [2.75, 3.05) is 17.2 Å². The Morgan fingerprint density at radius 3 is 1.97 bits per heavy atom. The number of carbonyl (C=O) groups excluding carboxylic acids is 3. The summed E-state index contributed by atoms with van der Waals surface area (Å²) in [5.74, 6) is -1.33. The summed E-state index contributed by atoms with van der Waals surface area (Å²) in [4.78, 5) is 37.0. The van der Waals surface area contributed by atoms with E-state index < -0.39 is 18.5 Å². The largest absolute Gasteiger partial charge is 0.452 e. The third-order valence-corrected chi connectivity index (χ3v) is 5.74. The van der Waals surface area contributed by atoms with Crippen molar-refractivity contribution >= 4 is 40.8 Å². The Morgan fingerprint density at radius 2 is 1.29 bits per heavy atom. The SMILES string of the molecule is CCCCCCCCCCCC(=O)Nc1ccccc1C(=O)OCC(=O)Nc1ccccc1Cl. The number of rotatable bonds is 15. The first-order valence-electron chi connectivity index (χ1n) is 12.1. The monoisotopic (exact) mass is 486 g/mol. The minimum Gasteiger partial charge on any atom is -0.452 e. The Morgan fingerprint density at radius 1 is 0.735 bits per heavy atom. The predicted octanol–water partition coefficient (Wildman–Crippen LogP) is 6.99. The maximum absolute atomic E-state index is 12.5. The van der Waals surface area contributed by atoms with Crippen LogP contribution in [0.1, 0.15) is 81.5 Å². The van der Waals surface area contributed by atoms with Gasteiger partial charge in [0.2, 0.25) is 5.91 Å². The van der Waals surface area contributed by atoms with Crippen molar-refractivity contribution in [2.45, 2.75) is 71.1 Å². The van der Waals surface area contributed by atoms with E-state index in [1.807, 2.05) is 0 Å². The standard InChI is InChI=1S/C27H35ClN2O4/c1-2-3-4-5-6-7-8-9-10-19-25(31)29-23-17-13-11-15-21(23)27(33)34-20-26(32)30-24-18-14-12-16-22(24)28/h11-18H,2-10,19-20H2,1H3,(H,29,31)(H,30,32). The van der Waals surface area contributed by atoms with Crippen molar-refractivity contribution in [3.05, 3.63) is 59.1 Å². The quantitative estimate of drug-likeness (QED) is 0.210. The van der Waals surface area contributed by atoms with Crippen LogP contribution in [0.4, 0.5) is 11.4 Å². The maximum Gasteiger partial charge on any atom is 0.340 e. The van der Waals surface area contributed by atoms with Crippen molar-refractivity contribution in [3.63, 3.8) is 0 Å². The van der Waals surface area contributed by atoms with Gasteiger partial charge in [0.25, 0.3) is 5.91 Å². The molecule has 184 valence electrons. The normalized spacial score (nSPS) is 10.5. The van der Waals surface area contributed by atoms with Gasteiger partial charge in [-0.05, 0) is 30.7 Å². The molecule has 2 amide bonds. The number of nitrogens with one attached hydrogen (secondary N) is 2. The van der Waals surface area contributed by atoms with Gasteiger partial charge in [0, 0.05) is 6.42 Å². The highest BCUT2D eigenvalue weighted by molar-refractivity contribution is 6.33. The molecule has 0 fully saturated rings. The van der Waals surface area contributed by atoms with Gasteiger partial charge in [-0.2, -0.15) is 0 Å². The Bertz CT molecular complexity index is 932. The highest BCUT2D eigenvalue weighted by Crippen LogP contribution is 2.21. The summed E-state index contributed by atoms with van der Waals surface area (Å²) in [5.41, 5.74) is 1.02. The van der Waals surface area contributed by atoms with Crippen LogP contribution in [0.2, 0.25) is 5.02 Å². The van der Waals surface area contributed by atoms with E-state index in [4.69, 9.17) is 16.3 Å². The van der Waals surface area contributed by atoms with Crippen LogP contribution in [0.25, 0.3) is 0 Å². The number of hydrogen-bond donors (Lipinski definition) is 2. The highest BCUT2D eigenvalue weighted by atomic mass is 35.5. The number of unbranched alkanes of at least 4 members (excludes halogenated alkanes) is 8. The molecule has 0 saturated heterocycles. The lowest BCUT2D eigenvalue weighted by Gasteiger charge is -2.11. The molecule has 2 rings (SSSR count). The maximum atomic E-state index is 12.5. The van der Waals surface area contributed by atoms with E-state index in [1.165, 1.54) is 38.5 Å². The van der Waals surface area contributed by atoms with Crippen molar-refractivity contribution in [1.29, 1.82) is 0 Å². The Kier molecular flexibility index (Phi) is 12.8. The molecule has 0 atom stereocenters. The molecular formula is C27H35ClN2O4. The smallest absolute Gasteiger partial charge is 0.340 e. The summed E-state index contributed by atoms with van der Waals surface area (Å²) in [6.45, 7) is 1.75. The van der Waals surface area contributed by atoms with Gasteiger partial charge in [-0.15, -0.1) is 0 Å². The van der Waals surface area contributed by atoms with Gasteiger partial charge < -0.3 is 15.4 Å². The van der Waals surface area contributed by atoms with Gasteiger partial charge in [-0.3, -0.25) is 9.59 Å². The van der Waals surface area contributed by atoms with E-state index in [0.29, 0.717) is 22.8 Å². The van der Waals surface area contributed by atoms with Gasteiger partial charge >= 0.3 is 5.97 Å². The first kappa shape index (κ1) is 27.4. The second-order valence-electron chi connectivity index (χ2n) is 8.28. The van der Waals surface area contributed by atoms with Gasteiger partial charge in [-0.1, -0.05) is 94.2 Å². The zero-order chi connectivity index (χ0) is 24.6. The summed E-state index contributed by atoms with van der Waals surface area (Å²) in [7, 11) is 0. The van der Waals surface area contributed by atoms with E-state index in [1.54, 1.807) is 48.5 Å². The summed E-state index contributed by atoms with van der Waals surface area (Å²) in [6, 6.07) is 13.4. The number of para-hydroxylation sites is 2. The van der Waals surface area contributed by atoms with Crippen LogP contribution in [-0.2, 0) is 14.3 Å². The molecule has 2 aromatic carbocycles. The molecule has 0 bridgehead atoms. The Labute approximate surface area is 207 Å². The van der Waals surface area contributed by atoms with Crippen LogP contribution >= 0.6 is 11.6 Å². The second kappa shape index (κ2) is 15.9. The number of amides is 2. The molecule has 34 heavy (non-hydrogen) atoms. The van der Waals surface area contributed by atoms with E-state index in [0.717, 1.165) is 19.3 Å². The van der Waals surface area contributed by atoms with Crippen LogP contribution in [-0.4, -0.2) is 24.4 Å². The van der Waals surface area contributed by atoms with Crippen LogP contribution in [0, 0.1) is 0 Å². The lowest BCUT2D eigenvalue weighted by Crippen LogP contribution is -2.22. The van der Waals surface area contributed by atoms with Crippen LogP contribution in [0.5, 0.6) is 0 Å². The van der Waals surface area contributed by atoms with Crippen molar-refractivity contribution in [3.8, 4) is 0 Å². The summed E-state index contributed by atoms with van der Waals surface area (Å²) in [6.07, 6.45) is 11.0. The topological polar surface area (TPSA) is 84.5 Å². The zero-order valence-corrected chi connectivity index (χ0v) is 20.7. The summed E-state index contributed by atoms with van der Waals surface area (Å²) >= 11 is 6.02. The van der Waals surface area contributed by atoms with E-state index >= 15 is 0 Å². The number of halogens is 1. The number of hydrogen-bond acceptors (Lipinski definition) is 4. The second-order valence-corrected chi connectivity index (χ2v) is 8.68. The summed E-state index contributed by atoms with van der Waals surface area (Å²) in [5, 5.41) is 5.78. The summed E-state index contributed by atoms with van der Waals surface area (Å²) < 4.78 is 5.14. The number of benzene rings is 2. The van der Waals surface area contributed by atoms with Crippen LogP contribution in [0.3, 0.4) is 0 Å². The minimum atomic E-state index is -0.687. The Hall–Kier alpha value is -2.86. The van der Waals surface area contributed by atoms with Gasteiger partial charge in [0.1, 0.15) is 0 Å². The van der Waals surface area contributed by atoms with E-state index in [2.05, 4.69) is 17.6 Å². The van der Waals surface area contributed by atoms with Crippen molar-refractivity contribution in [2.24, 2.45) is 0 Å². The number of ether oxygens (including phenoxy) is 1. The molecule has 0 aliphatic rings. The fraction of sp³-hybridized carbons (Fsp3) is 0.444. The third kappa shape index (κ3) is 10.4. The van der Waals surface area contributed by atoms with Gasteiger partial charge in [-0.25, -0.2) is 4.79 Å². The Balaban J connectivity index is 1.73. The molecule has 0 aromatic heterocycles. The van der Waals surface area contributed by atoms with Crippen LogP contribution in [0.15, 0.2) is 48.5 Å². The fourth-order valence-corrected chi connectivity index (χ4v) is 3.72. The lowest BCUT2D eigenvalue weighted by atomic mass is 10.1. The molecule has 6 nitrogen and oxygen atoms in total.